The van der Waals surface area contributed by atoms with Crippen molar-refractivity contribution in [2.75, 3.05) is 44.6 Å². The van der Waals surface area contributed by atoms with Crippen LogP contribution in [0.1, 0.15) is 5.56 Å². The molecule has 0 aliphatic carbocycles. The third kappa shape index (κ3) is 4.67. The fourth-order valence-electron chi connectivity index (χ4n) is 4.14. The molecule has 0 amide bonds. The average molecular weight is 459 g/mol. The Labute approximate surface area is 188 Å². The molecule has 1 unspecified atom stereocenters. The van der Waals surface area contributed by atoms with Crippen LogP contribution in [0.15, 0.2) is 36.7 Å². The van der Waals surface area contributed by atoms with Gasteiger partial charge in [0, 0.05) is 31.1 Å². The number of hydrogen-bond donors (Lipinski definition) is 2. The highest BCUT2D eigenvalue weighted by molar-refractivity contribution is 5.93. The maximum absolute atomic E-state index is 14.5. The zero-order valence-corrected chi connectivity index (χ0v) is 18.1. The van der Waals surface area contributed by atoms with Crippen molar-refractivity contribution < 1.29 is 22.6 Å². The number of ether oxygens (including phenoxy) is 2. The van der Waals surface area contributed by atoms with Gasteiger partial charge in [0.2, 0.25) is 0 Å². The molecule has 0 radical (unpaired) electrons. The lowest BCUT2D eigenvalue weighted by molar-refractivity contribution is -0.0297. The number of fused-ring (bicyclic) bond motifs is 2. The lowest BCUT2D eigenvalue weighted by Crippen LogP contribution is -2.45. The smallest absolute Gasteiger partial charge is 0.272 e. The van der Waals surface area contributed by atoms with Crippen molar-refractivity contribution in [3.8, 4) is 11.5 Å². The molecule has 2 aliphatic rings. The van der Waals surface area contributed by atoms with E-state index in [1.165, 1.54) is 6.33 Å². The van der Waals surface area contributed by atoms with Crippen molar-refractivity contribution in [1.82, 2.24) is 20.2 Å². The van der Waals surface area contributed by atoms with Gasteiger partial charge >= 0.3 is 0 Å². The molecule has 10 heteroatoms. The summed E-state index contributed by atoms with van der Waals surface area (Å²) in [7, 11) is 0. The summed E-state index contributed by atoms with van der Waals surface area (Å²) >= 11 is 0. The summed E-state index contributed by atoms with van der Waals surface area (Å²) in [5, 5.41) is 6.43. The number of benzene rings is 2. The highest BCUT2D eigenvalue weighted by Gasteiger charge is 2.35. The van der Waals surface area contributed by atoms with Gasteiger partial charge in [-0.15, -0.1) is 0 Å². The first kappa shape index (κ1) is 21.7. The number of halogens is 3. The van der Waals surface area contributed by atoms with Crippen molar-refractivity contribution >= 4 is 22.4 Å². The summed E-state index contributed by atoms with van der Waals surface area (Å²) in [5.41, 5.74) is 1.43. The van der Waals surface area contributed by atoms with E-state index >= 15 is 0 Å². The normalized spacial score (nSPS) is 20.4. The summed E-state index contributed by atoms with van der Waals surface area (Å²) in [4.78, 5) is 10.3. The van der Waals surface area contributed by atoms with E-state index in [1.807, 2.05) is 0 Å². The van der Waals surface area contributed by atoms with Crippen LogP contribution in [-0.2, 0) is 0 Å². The van der Waals surface area contributed by atoms with Crippen LogP contribution in [0.5, 0.6) is 11.5 Å². The van der Waals surface area contributed by atoms with Crippen molar-refractivity contribution in [3.63, 3.8) is 0 Å². The van der Waals surface area contributed by atoms with E-state index in [-0.39, 0.29) is 25.5 Å². The number of nitrogens with one attached hydrogen (secondary N) is 2. The molecule has 1 saturated heterocycles. The van der Waals surface area contributed by atoms with E-state index in [4.69, 9.17) is 9.47 Å². The van der Waals surface area contributed by atoms with Crippen LogP contribution >= 0.6 is 0 Å². The van der Waals surface area contributed by atoms with Crippen LogP contribution in [0.2, 0.25) is 0 Å². The number of anilines is 2. The molecule has 0 spiro atoms. The molecular weight excluding hydrogens is 435 g/mol. The number of aryl methyl sites for hydroxylation is 1. The Hall–Kier alpha value is -3.11. The second-order valence-electron chi connectivity index (χ2n) is 8.42. The topological polar surface area (TPSA) is 71.5 Å². The van der Waals surface area contributed by atoms with Crippen LogP contribution in [0.4, 0.5) is 24.7 Å². The molecule has 2 aromatic carbocycles. The van der Waals surface area contributed by atoms with Gasteiger partial charge in [-0.1, -0.05) is 12.1 Å². The van der Waals surface area contributed by atoms with Crippen LogP contribution < -0.4 is 20.1 Å². The highest BCUT2D eigenvalue weighted by atomic mass is 19.3. The molecule has 1 atom stereocenters. The van der Waals surface area contributed by atoms with Crippen LogP contribution in [0, 0.1) is 12.7 Å². The molecule has 1 fully saturated rings. The average Bonchev–Trinajstić information content (AvgIpc) is 2.95. The second-order valence-corrected chi connectivity index (χ2v) is 8.42. The largest absolute Gasteiger partial charge is 0.486 e. The number of alkyl halides is 2. The lowest BCUT2D eigenvalue weighted by Gasteiger charge is -2.31. The third-order valence-electron chi connectivity index (χ3n) is 5.77. The fraction of sp³-hybridized carbons (Fsp3) is 0.391. The standard InChI is InChI=1S/C23H24F3N5O2/c1-14-3-2-4-17(21(14)24)30-22-16-7-20-19(8-18(16)28-13-29-22)32-10-15(33-20)9-31-6-5-27-11-23(25,26)12-31/h2-4,7-8,13,15,27H,5-6,9-12H2,1H3,(H,28,29,30). The van der Waals surface area contributed by atoms with Gasteiger partial charge in [-0.05, 0) is 24.6 Å². The van der Waals surface area contributed by atoms with Gasteiger partial charge in [0.05, 0.1) is 24.3 Å². The maximum atomic E-state index is 14.5. The van der Waals surface area contributed by atoms with E-state index in [1.54, 1.807) is 42.2 Å². The van der Waals surface area contributed by atoms with Crippen molar-refractivity contribution in [2.24, 2.45) is 0 Å². The van der Waals surface area contributed by atoms with Crippen molar-refractivity contribution in [2.45, 2.75) is 19.0 Å². The number of aromatic nitrogens is 2. The molecule has 33 heavy (non-hydrogen) atoms. The van der Waals surface area contributed by atoms with E-state index in [9.17, 15) is 13.2 Å². The molecule has 174 valence electrons. The Balaban J connectivity index is 1.39. The molecule has 3 heterocycles. The minimum Gasteiger partial charge on any atom is -0.486 e. The van der Waals surface area contributed by atoms with Crippen LogP contribution in [0.25, 0.3) is 10.9 Å². The summed E-state index contributed by atoms with van der Waals surface area (Å²) in [5.74, 6) is -1.72. The Morgan fingerprint density at radius 2 is 2.12 bits per heavy atom. The molecule has 2 N–H and O–H groups in total. The molecular formula is C23H24F3N5O2. The molecule has 5 rings (SSSR count). The monoisotopic (exact) mass is 459 g/mol. The summed E-state index contributed by atoms with van der Waals surface area (Å²) in [6.07, 6.45) is 0.990. The molecule has 0 saturated carbocycles. The first-order valence-electron chi connectivity index (χ1n) is 10.8. The number of hydrogen-bond acceptors (Lipinski definition) is 7. The summed E-state index contributed by atoms with van der Waals surface area (Å²) in [6, 6.07) is 8.57. The summed E-state index contributed by atoms with van der Waals surface area (Å²) in [6.45, 7) is 2.61. The van der Waals surface area contributed by atoms with Gasteiger partial charge in [0.1, 0.15) is 30.7 Å². The predicted molar refractivity (Wildman–Crippen MR) is 118 cm³/mol. The number of nitrogens with zero attached hydrogens (tertiary/aromatic N) is 3. The molecule has 3 aromatic rings. The molecule has 7 nitrogen and oxygen atoms in total. The van der Waals surface area contributed by atoms with E-state index in [0.29, 0.717) is 59.1 Å². The first-order valence-corrected chi connectivity index (χ1v) is 10.8. The predicted octanol–water partition coefficient (Wildman–Crippen LogP) is 3.50. The van der Waals surface area contributed by atoms with Crippen molar-refractivity contribution in [1.29, 1.82) is 0 Å². The Morgan fingerprint density at radius 1 is 1.24 bits per heavy atom. The fourth-order valence-corrected chi connectivity index (χ4v) is 4.14. The van der Waals surface area contributed by atoms with Crippen LogP contribution in [0.3, 0.4) is 0 Å². The number of rotatable bonds is 4. The SMILES string of the molecule is Cc1cccc(Nc2ncnc3cc4c(cc23)OC(CN2CCNCC(F)(F)C2)CO4)c1F. The highest BCUT2D eigenvalue weighted by Crippen LogP contribution is 2.38. The third-order valence-corrected chi connectivity index (χ3v) is 5.77. The first-order chi connectivity index (χ1) is 15.9. The Morgan fingerprint density at radius 3 is 3.00 bits per heavy atom. The Kier molecular flexibility index (Phi) is 5.71. The zero-order valence-electron chi connectivity index (χ0n) is 18.1. The van der Waals surface area contributed by atoms with E-state index < -0.39 is 12.0 Å². The summed E-state index contributed by atoms with van der Waals surface area (Å²) < 4.78 is 54.4. The Bertz CT molecular complexity index is 1180. The van der Waals surface area contributed by atoms with Gasteiger partial charge in [0.15, 0.2) is 11.5 Å². The minimum atomic E-state index is -2.79. The molecule has 2 aliphatic heterocycles. The lowest BCUT2D eigenvalue weighted by atomic mass is 10.1. The van der Waals surface area contributed by atoms with Gasteiger partial charge in [-0.2, -0.15) is 0 Å². The minimum absolute atomic E-state index is 0.249. The maximum Gasteiger partial charge on any atom is 0.272 e. The van der Waals surface area contributed by atoms with E-state index in [2.05, 4.69) is 20.6 Å². The van der Waals surface area contributed by atoms with Crippen molar-refractivity contribution in [3.05, 3.63) is 48.0 Å². The quantitative estimate of drug-likeness (QED) is 0.619. The zero-order chi connectivity index (χ0) is 23.0. The molecule has 0 bridgehead atoms. The second kappa shape index (κ2) is 8.68. The van der Waals surface area contributed by atoms with Gasteiger partial charge in [-0.3, -0.25) is 4.90 Å². The molecule has 1 aromatic heterocycles. The van der Waals surface area contributed by atoms with Gasteiger partial charge in [-0.25, -0.2) is 23.1 Å². The van der Waals surface area contributed by atoms with Gasteiger partial charge in [0.25, 0.3) is 5.92 Å². The van der Waals surface area contributed by atoms with Gasteiger partial charge < -0.3 is 20.1 Å². The van der Waals surface area contributed by atoms with E-state index in [0.717, 1.165) is 0 Å². The van der Waals surface area contributed by atoms with Crippen LogP contribution in [-0.4, -0.2) is 66.2 Å².